The number of benzene rings is 1. The zero-order valence-electron chi connectivity index (χ0n) is 11.6. The Morgan fingerprint density at radius 2 is 1.79 bits per heavy atom. The Morgan fingerprint density at radius 1 is 1.21 bits per heavy atom. The molecule has 2 nitrogen and oxygen atoms in total. The minimum atomic E-state index is -4.15. The molecular formula is C14H21F3N2. The Bertz CT molecular complexity index is 373. The van der Waals surface area contributed by atoms with Crippen LogP contribution in [0.25, 0.3) is 0 Å². The molecule has 1 aromatic carbocycles. The van der Waals surface area contributed by atoms with Gasteiger partial charge in [0.15, 0.2) is 0 Å². The van der Waals surface area contributed by atoms with Crippen LogP contribution in [0, 0.1) is 6.92 Å². The van der Waals surface area contributed by atoms with Gasteiger partial charge in [0.2, 0.25) is 0 Å². The number of alkyl halides is 3. The molecule has 0 fully saturated rings. The van der Waals surface area contributed by atoms with Crippen LogP contribution in [0.4, 0.5) is 13.2 Å². The lowest BCUT2D eigenvalue weighted by Gasteiger charge is -2.27. The minimum Gasteiger partial charge on any atom is -0.312 e. The SMILES string of the molecule is CCN(CC(NC)c1ccc(C)cc1)CC(F)(F)F. The van der Waals surface area contributed by atoms with Crippen molar-refractivity contribution in [2.75, 3.05) is 26.7 Å². The van der Waals surface area contributed by atoms with Crippen molar-refractivity contribution < 1.29 is 13.2 Å². The fourth-order valence-corrected chi connectivity index (χ4v) is 1.98. The third kappa shape index (κ3) is 5.61. The van der Waals surface area contributed by atoms with E-state index in [2.05, 4.69) is 5.32 Å². The summed E-state index contributed by atoms with van der Waals surface area (Å²) in [5.41, 5.74) is 2.15. The molecule has 5 heteroatoms. The zero-order chi connectivity index (χ0) is 14.5. The maximum atomic E-state index is 12.4. The summed E-state index contributed by atoms with van der Waals surface area (Å²) >= 11 is 0. The molecule has 108 valence electrons. The van der Waals surface area contributed by atoms with Crippen molar-refractivity contribution in [1.82, 2.24) is 10.2 Å². The van der Waals surface area contributed by atoms with Gasteiger partial charge in [0.1, 0.15) is 0 Å². The van der Waals surface area contributed by atoms with Gasteiger partial charge in [-0.15, -0.1) is 0 Å². The van der Waals surface area contributed by atoms with Crippen LogP contribution < -0.4 is 5.32 Å². The van der Waals surface area contributed by atoms with Gasteiger partial charge in [-0.1, -0.05) is 36.8 Å². The van der Waals surface area contributed by atoms with Crippen LogP contribution in [0.1, 0.15) is 24.1 Å². The number of nitrogens with one attached hydrogen (secondary N) is 1. The maximum Gasteiger partial charge on any atom is 0.401 e. The molecule has 1 rings (SSSR count). The lowest BCUT2D eigenvalue weighted by molar-refractivity contribution is -0.146. The van der Waals surface area contributed by atoms with Crippen molar-refractivity contribution in [3.05, 3.63) is 35.4 Å². The van der Waals surface area contributed by atoms with Crippen LogP contribution in [-0.4, -0.2) is 37.8 Å². The molecule has 0 saturated carbocycles. The first-order valence-electron chi connectivity index (χ1n) is 6.38. The second-order valence-corrected chi connectivity index (χ2v) is 4.69. The molecule has 0 amide bonds. The Hall–Kier alpha value is -1.07. The van der Waals surface area contributed by atoms with E-state index in [0.717, 1.165) is 11.1 Å². The standard InChI is InChI=1S/C14H21F3N2/c1-4-19(10-14(15,16)17)9-13(18-3)12-7-5-11(2)6-8-12/h5-8,13,18H,4,9-10H2,1-3H3. The van der Waals surface area contributed by atoms with Gasteiger partial charge >= 0.3 is 6.18 Å². The molecule has 0 spiro atoms. The third-order valence-corrected chi connectivity index (χ3v) is 3.12. The number of hydrogen-bond donors (Lipinski definition) is 1. The van der Waals surface area contributed by atoms with E-state index < -0.39 is 12.7 Å². The van der Waals surface area contributed by atoms with Gasteiger partial charge in [0.25, 0.3) is 0 Å². The Labute approximate surface area is 112 Å². The van der Waals surface area contributed by atoms with Gasteiger partial charge in [0.05, 0.1) is 6.54 Å². The van der Waals surface area contributed by atoms with E-state index >= 15 is 0 Å². The third-order valence-electron chi connectivity index (χ3n) is 3.12. The number of hydrogen-bond acceptors (Lipinski definition) is 2. The number of aryl methyl sites for hydroxylation is 1. The molecule has 0 radical (unpaired) electrons. The van der Waals surface area contributed by atoms with E-state index in [0.29, 0.717) is 13.1 Å². The highest BCUT2D eigenvalue weighted by Gasteiger charge is 2.30. The molecule has 0 aliphatic carbocycles. The molecule has 0 saturated heterocycles. The lowest BCUT2D eigenvalue weighted by atomic mass is 10.0. The first-order valence-corrected chi connectivity index (χ1v) is 6.38. The Balaban J connectivity index is 2.72. The molecule has 0 aliphatic heterocycles. The monoisotopic (exact) mass is 274 g/mol. The summed E-state index contributed by atoms with van der Waals surface area (Å²) in [7, 11) is 1.77. The highest BCUT2D eigenvalue weighted by molar-refractivity contribution is 5.24. The van der Waals surface area contributed by atoms with Crippen molar-refractivity contribution >= 4 is 0 Å². The van der Waals surface area contributed by atoms with E-state index in [4.69, 9.17) is 0 Å². The first-order chi connectivity index (χ1) is 8.85. The summed E-state index contributed by atoms with van der Waals surface area (Å²) < 4.78 is 37.3. The van der Waals surface area contributed by atoms with E-state index in [1.807, 2.05) is 31.2 Å². The molecule has 19 heavy (non-hydrogen) atoms. The molecule has 0 heterocycles. The summed E-state index contributed by atoms with van der Waals surface area (Å²) in [5, 5.41) is 3.08. The molecule has 0 aliphatic rings. The van der Waals surface area contributed by atoms with Crippen LogP contribution >= 0.6 is 0 Å². The predicted octanol–water partition coefficient (Wildman–Crippen LogP) is 3.14. The van der Waals surface area contributed by atoms with Crippen molar-refractivity contribution in [2.45, 2.75) is 26.1 Å². The number of halogens is 3. The van der Waals surface area contributed by atoms with Gasteiger partial charge in [-0.05, 0) is 26.1 Å². The Kier molecular flexibility index (Phi) is 5.82. The molecule has 1 N–H and O–H groups in total. The largest absolute Gasteiger partial charge is 0.401 e. The number of rotatable bonds is 6. The molecule has 0 bridgehead atoms. The summed E-state index contributed by atoms with van der Waals surface area (Å²) in [6.07, 6.45) is -4.15. The van der Waals surface area contributed by atoms with Crippen molar-refractivity contribution in [1.29, 1.82) is 0 Å². The van der Waals surface area contributed by atoms with Gasteiger partial charge in [-0.3, -0.25) is 4.90 Å². The van der Waals surface area contributed by atoms with Gasteiger partial charge in [-0.2, -0.15) is 13.2 Å². The predicted molar refractivity (Wildman–Crippen MR) is 71.1 cm³/mol. The first kappa shape index (κ1) is 16.0. The quantitative estimate of drug-likeness (QED) is 0.857. The number of likely N-dealkylation sites (N-methyl/N-ethyl adjacent to an activating group) is 2. The highest BCUT2D eigenvalue weighted by atomic mass is 19.4. The maximum absolute atomic E-state index is 12.4. The van der Waals surface area contributed by atoms with Gasteiger partial charge in [0, 0.05) is 12.6 Å². The second-order valence-electron chi connectivity index (χ2n) is 4.69. The Morgan fingerprint density at radius 3 is 2.21 bits per heavy atom. The van der Waals surface area contributed by atoms with Crippen LogP contribution in [-0.2, 0) is 0 Å². The smallest absolute Gasteiger partial charge is 0.312 e. The van der Waals surface area contributed by atoms with Crippen LogP contribution in [0.15, 0.2) is 24.3 Å². The normalized spacial score (nSPS) is 13.8. The topological polar surface area (TPSA) is 15.3 Å². The highest BCUT2D eigenvalue weighted by Crippen LogP contribution is 2.20. The molecule has 1 aromatic rings. The molecule has 1 unspecified atom stereocenters. The van der Waals surface area contributed by atoms with Crippen molar-refractivity contribution in [3.8, 4) is 0 Å². The summed E-state index contributed by atoms with van der Waals surface area (Å²) in [5.74, 6) is 0. The van der Waals surface area contributed by atoms with Gasteiger partial charge < -0.3 is 5.32 Å². The van der Waals surface area contributed by atoms with E-state index in [1.54, 1.807) is 14.0 Å². The van der Waals surface area contributed by atoms with Crippen LogP contribution in [0.5, 0.6) is 0 Å². The summed E-state index contributed by atoms with van der Waals surface area (Å²) in [4.78, 5) is 1.40. The van der Waals surface area contributed by atoms with Crippen LogP contribution in [0.3, 0.4) is 0 Å². The average Bonchev–Trinajstić information content (AvgIpc) is 2.34. The van der Waals surface area contributed by atoms with Crippen molar-refractivity contribution in [2.24, 2.45) is 0 Å². The van der Waals surface area contributed by atoms with E-state index in [1.165, 1.54) is 4.90 Å². The zero-order valence-corrected chi connectivity index (χ0v) is 11.6. The minimum absolute atomic E-state index is 0.0945. The van der Waals surface area contributed by atoms with E-state index in [-0.39, 0.29) is 6.04 Å². The summed E-state index contributed by atoms with van der Waals surface area (Å²) in [6, 6.07) is 7.76. The lowest BCUT2D eigenvalue weighted by Crippen LogP contribution is -2.39. The fourth-order valence-electron chi connectivity index (χ4n) is 1.98. The second kappa shape index (κ2) is 6.91. The summed E-state index contributed by atoms with van der Waals surface area (Å²) in [6.45, 7) is 3.58. The fraction of sp³-hybridized carbons (Fsp3) is 0.571. The van der Waals surface area contributed by atoms with Crippen LogP contribution in [0.2, 0.25) is 0 Å². The molecular weight excluding hydrogens is 253 g/mol. The number of nitrogens with zero attached hydrogens (tertiary/aromatic N) is 1. The molecule has 1 atom stereocenters. The molecule has 0 aromatic heterocycles. The van der Waals surface area contributed by atoms with Gasteiger partial charge in [-0.25, -0.2) is 0 Å². The van der Waals surface area contributed by atoms with Crippen molar-refractivity contribution in [3.63, 3.8) is 0 Å². The average molecular weight is 274 g/mol. The van der Waals surface area contributed by atoms with E-state index in [9.17, 15) is 13.2 Å².